The molecule has 2 amide bonds. The van der Waals surface area contributed by atoms with Gasteiger partial charge in [-0.15, -0.1) is 0 Å². The lowest BCUT2D eigenvalue weighted by Crippen LogP contribution is -2.51. The number of carbonyl (C=O) groups is 3. The number of ether oxygens (including phenoxy) is 1. The summed E-state index contributed by atoms with van der Waals surface area (Å²) in [6.07, 6.45) is 2.00. The standard InChI is InChI=1S/C26H30N4O4/c1-26(2,3)34-24(32)16-19-9-10-22-21(15-19)17-30(27-22)18-23(31)28-11-13-29(14-12-28)25(33)20-7-5-4-6-8-20/h4-10,15,17H,11-14,16,18H2,1-3H3. The van der Waals surface area contributed by atoms with Crippen LogP contribution in [0, 0.1) is 0 Å². The molecule has 1 fully saturated rings. The number of piperazine rings is 1. The molecule has 0 saturated carbocycles. The Bertz CT molecular complexity index is 1190. The highest BCUT2D eigenvalue weighted by Crippen LogP contribution is 2.17. The number of aromatic nitrogens is 2. The van der Waals surface area contributed by atoms with Crippen molar-refractivity contribution in [3.05, 3.63) is 65.9 Å². The zero-order valence-electron chi connectivity index (χ0n) is 19.9. The monoisotopic (exact) mass is 462 g/mol. The van der Waals surface area contributed by atoms with Crippen molar-refractivity contribution in [1.82, 2.24) is 19.6 Å². The van der Waals surface area contributed by atoms with Gasteiger partial charge in [0.05, 0.1) is 11.9 Å². The SMILES string of the molecule is CC(C)(C)OC(=O)Cc1ccc2nn(CC(=O)N3CCN(C(=O)c4ccccc4)CC3)cc2c1. The maximum Gasteiger partial charge on any atom is 0.310 e. The molecule has 8 heteroatoms. The Kier molecular flexibility index (Phi) is 6.68. The molecule has 1 aliphatic heterocycles. The third-order valence-corrected chi connectivity index (χ3v) is 5.62. The second-order valence-electron chi connectivity index (χ2n) is 9.52. The van der Waals surface area contributed by atoms with Gasteiger partial charge in [0.15, 0.2) is 0 Å². The van der Waals surface area contributed by atoms with Crippen molar-refractivity contribution in [3.63, 3.8) is 0 Å². The molecule has 178 valence electrons. The quantitative estimate of drug-likeness (QED) is 0.545. The van der Waals surface area contributed by atoms with E-state index in [9.17, 15) is 14.4 Å². The van der Waals surface area contributed by atoms with E-state index in [2.05, 4.69) is 5.10 Å². The number of hydrogen-bond donors (Lipinski definition) is 0. The summed E-state index contributed by atoms with van der Waals surface area (Å²) in [5, 5.41) is 5.37. The van der Waals surface area contributed by atoms with Crippen LogP contribution < -0.4 is 0 Å². The highest BCUT2D eigenvalue weighted by atomic mass is 16.6. The lowest BCUT2D eigenvalue weighted by atomic mass is 10.1. The van der Waals surface area contributed by atoms with E-state index in [1.165, 1.54) is 0 Å². The van der Waals surface area contributed by atoms with Crippen LogP contribution in [-0.2, 0) is 27.3 Å². The summed E-state index contributed by atoms with van der Waals surface area (Å²) in [6, 6.07) is 14.8. The summed E-state index contributed by atoms with van der Waals surface area (Å²) < 4.78 is 7.02. The lowest BCUT2D eigenvalue weighted by molar-refractivity contribution is -0.153. The summed E-state index contributed by atoms with van der Waals surface area (Å²) >= 11 is 0. The van der Waals surface area contributed by atoms with Crippen LogP contribution in [0.3, 0.4) is 0 Å². The van der Waals surface area contributed by atoms with Crippen molar-refractivity contribution < 1.29 is 19.1 Å². The second kappa shape index (κ2) is 9.67. The Morgan fingerprint density at radius 3 is 2.29 bits per heavy atom. The van der Waals surface area contributed by atoms with Gasteiger partial charge in [-0.1, -0.05) is 24.3 Å². The van der Waals surface area contributed by atoms with Gasteiger partial charge in [-0.25, -0.2) is 0 Å². The van der Waals surface area contributed by atoms with E-state index >= 15 is 0 Å². The van der Waals surface area contributed by atoms with Crippen LogP contribution in [0.5, 0.6) is 0 Å². The zero-order chi connectivity index (χ0) is 24.3. The maximum atomic E-state index is 12.8. The Balaban J connectivity index is 1.33. The Morgan fingerprint density at radius 1 is 0.941 bits per heavy atom. The first-order valence-electron chi connectivity index (χ1n) is 11.5. The molecule has 34 heavy (non-hydrogen) atoms. The number of hydrogen-bond acceptors (Lipinski definition) is 5. The molecular formula is C26H30N4O4. The van der Waals surface area contributed by atoms with E-state index < -0.39 is 5.60 Å². The molecule has 8 nitrogen and oxygen atoms in total. The van der Waals surface area contributed by atoms with E-state index in [4.69, 9.17) is 4.74 Å². The number of fused-ring (bicyclic) bond motifs is 1. The summed E-state index contributed by atoms with van der Waals surface area (Å²) in [7, 11) is 0. The Labute approximate surface area is 199 Å². The predicted molar refractivity (Wildman–Crippen MR) is 128 cm³/mol. The first kappa shape index (κ1) is 23.5. The second-order valence-corrected chi connectivity index (χ2v) is 9.52. The smallest absolute Gasteiger partial charge is 0.310 e. The van der Waals surface area contributed by atoms with E-state index in [0.717, 1.165) is 16.5 Å². The Hall–Kier alpha value is -3.68. The molecule has 2 aromatic carbocycles. The minimum atomic E-state index is -0.521. The molecule has 0 radical (unpaired) electrons. The van der Waals surface area contributed by atoms with Crippen LogP contribution in [0.25, 0.3) is 10.9 Å². The summed E-state index contributed by atoms with van der Waals surface area (Å²) in [5.41, 5.74) is 1.75. The molecule has 0 bridgehead atoms. The molecule has 0 unspecified atom stereocenters. The van der Waals surface area contributed by atoms with Crippen molar-refractivity contribution in [2.75, 3.05) is 26.2 Å². The van der Waals surface area contributed by atoms with Gasteiger partial charge in [-0.2, -0.15) is 5.10 Å². The normalized spacial score (nSPS) is 14.3. The average molecular weight is 463 g/mol. The minimum absolute atomic E-state index is 0.00629. The van der Waals surface area contributed by atoms with Gasteiger partial charge >= 0.3 is 5.97 Å². The summed E-state index contributed by atoms with van der Waals surface area (Å²) in [4.78, 5) is 41.1. The molecule has 0 atom stereocenters. The van der Waals surface area contributed by atoms with E-state index in [1.807, 2.05) is 63.4 Å². The van der Waals surface area contributed by atoms with Gasteiger partial charge in [-0.05, 0) is 50.6 Å². The molecule has 1 aliphatic rings. The van der Waals surface area contributed by atoms with Gasteiger partial charge in [0.2, 0.25) is 5.91 Å². The van der Waals surface area contributed by atoms with Crippen molar-refractivity contribution in [2.24, 2.45) is 0 Å². The van der Waals surface area contributed by atoms with Gasteiger partial charge in [0.25, 0.3) is 5.91 Å². The van der Waals surface area contributed by atoms with Crippen LogP contribution in [0.4, 0.5) is 0 Å². The van der Waals surface area contributed by atoms with Crippen molar-refractivity contribution >= 4 is 28.7 Å². The number of esters is 1. The number of nitrogens with zero attached hydrogens (tertiary/aromatic N) is 4. The molecule has 1 aromatic heterocycles. The Morgan fingerprint density at radius 2 is 1.62 bits per heavy atom. The molecule has 4 rings (SSSR count). The van der Waals surface area contributed by atoms with Crippen LogP contribution in [-0.4, -0.2) is 69.1 Å². The molecule has 0 spiro atoms. The molecule has 0 N–H and O–H groups in total. The van der Waals surface area contributed by atoms with Crippen molar-refractivity contribution in [3.8, 4) is 0 Å². The molecule has 3 aromatic rings. The van der Waals surface area contributed by atoms with Gasteiger partial charge in [0, 0.05) is 43.3 Å². The van der Waals surface area contributed by atoms with Crippen LogP contribution >= 0.6 is 0 Å². The highest BCUT2D eigenvalue weighted by Gasteiger charge is 2.25. The minimum Gasteiger partial charge on any atom is -0.460 e. The van der Waals surface area contributed by atoms with Gasteiger partial charge in [0.1, 0.15) is 12.1 Å². The fourth-order valence-corrected chi connectivity index (χ4v) is 4.02. The van der Waals surface area contributed by atoms with Crippen LogP contribution in [0.15, 0.2) is 54.7 Å². The largest absolute Gasteiger partial charge is 0.460 e. The van der Waals surface area contributed by atoms with Crippen LogP contribution in [0.1, 0.15) is 36.7 Å². The maximum absolute atomic E-state index is 12.8. The topological polar surface area (TPSA) is 84.7 Å². The molecule has 1 saturated heterocycles. The van der Waals surface area contributed by atoms with E-state index in [0.29, 0.717) is 31.7 Å². The molecule has 0 aliphatic carbocycles. The van der Waals surface area contributed by atoms with Crippen LogP contribution in [0.2, 0.25) is 0 Å². The first-order chi connectivity index (χ1) is 16.2. The number of benzene rings is 2. The first-order valence-corrected chi connectivity index (χ1v) is 11.5. The highest BCUT2D eigenvalue weighted by molar-refractivity contribution is 5.94. The van der Waals surface area contributed by atoms with Gasteiger partial charge in [-0.3, -0.25) is 19.1 Å². The lowest BCUT2D eigenvalue weighted by Gasteiger charge is -2.34. The number of amides is 2. The summed E-state index contributed by atoms with van der Waals surface area (Å²) in [6.45, 7) is 7.67. The fourth-order valence-electron chi connectivity index (χ4n) is 4.02. The zero-order valence-corrected chi connectivity index (χ0v) is 19.9. The predicted octanol–water partition coefficient (Wildman–Crippen LogP) is 2.91. The third kappa shape index (κ3) is 5.81. The third-order valence-electron chi connectivity index (χ3n) is 5.62. The van der Waals surface area contributed by atoms with E-state index in [1.54, 1.807) is 26.6 Å². The fraction of sp³-hybridized carbons (Fsp3) is 0.385. The van der Waals surface area contributed by atoms with Crippen molar-refractivity contribution in [1.29, 1.82) is 0 Å². The number of rotatable bonds is 5. The van der Waals surface area contributed by atoms with Crippen molar-refractivity contribution in [2.45, 2.75) is 39.3 Å². The van der Waals surface area contributed by atoms with Gasteiger partial charge < -0.3 is 14.5 Å². The van der Waals surface area contributed by atoms with E-state index in [-0.39, 0.29) is 30.7 Å². The molecule has 2 heterocycles. The summed E-state index contributed by atoms with van der Waals surface area (Å²) in [5.74, 6) is -0.318. The average Bonchev–Trinajstić information content (AvgIpc) is 3.19. The molecular weight excluding hydrogens is 432 g/mol. The number of carbonyl (C=O) groups excluding carboxylic acids is 3.